The molecular formula is C27H31N5O3S. The van der Waals surface area contributed by atoms with E-state index in [0.29, 0.717) is 22.3 Å². The number of carbonyl (C=O) groups is 2. The zero-order valence-electron chi connectivity index (χ0n) is 20.3. The van der Waals surface area contributed by atoms with Crippen molar-refractivity contribution in [1.29, 1.82) is 0 Å². The number of anilines is 1. The van der Waals surface area contributed by atoms with E-state index < -0.39 is 0 Å². The average Bonchev–Trinajstić information content (AvgIpc) is 3.43. The third kappa shape index (κ3) is 6.09. The minimum atomic E-state index is -0.337. The Balaban J connectivity index is 1.10. The van der Waals surface area contributed by atoms with Crippen LogP contribution in [0.5, 0.6) is 5.75 Å². The summed E-state index contributed by atoms with van der Waals surface area (Å²) in [5, 5.41) is 11.7. The first-order valence-electron chi connectivity index (χ1n) is 12.6. The molecule has 1 aliphatic carbocycles. The number of nitrogens with zero attached hydrogens (tertiary/aromatic N) is 4. The molecule has 188 valence electrons. The Kier molecular flexibility index (Phi) is 7.88. The highest BCUT2D eigenvalue weighted by atomic mass is 32.1. The minimum absolute atomic E-state index is 0.0448. The minimum Gasteiger partial charge on any atom is -0.486 e. The number of piperazine rings is 1. The molecule has 0 bridgehead atoms. The van der Waals surface area contributed by atoms with Crippen molar-refractivity contribution in [1.82, 2.24) is 20.0 Å². The SMILES string of the molecule is O=C(Nc1ccc(C(=O)N2CCN(C3CCCCC3)CC2)cc1)c1nnc(COc2ccccc2)s1. The van der Waals surface area contributed by atoms with E-state index >= 15 is 0 Å². The molecule has 2 heterocycles. The highest BCUT2D eigenvalue weighted by Gasteiger charge is 2.27. The van der Waals surface area contributed by atoms with Crippen molar-refractivity contribution in [2.75, 3.05) is 31.5 Å². The molecule has 1 saturated carbocycles. The molecule has 0 unspecified atom stereocenters. The van der Waals surface area contributed by atoms with Crippen LogP contribution in [0.15, 0.2) is 54.6 Å². The van der Waals surface area contributed by atoms with Crippen molar-refractivity contribution in [3.05, 3.63) is 70.2 Å². The van der Waals surface area contributed by atoms with Gasteiger partial charge in [-0.25, -0.2) is 0 Å². The molecule has 8 nitrogen and oxygen atoms in total. The number of hydrogen-bond donors (Lipinski definition) is 1. The van der Waals surface area contributed by atoms with E-state index in [1.165, 1.54) is 43.4 Å². The number of rotatable bonds is 7. The Bertz CT molecular complexity index is 1150. The molecule has 3 aromatic rings. The lowest BCUT2D eigenvalue weighted by molar-refractivity contribution is 0.0523. The van der Waals surface area contributed by atoms with Crippen LogP contribution >= 0.6 is 11.3 Å². The van der Waals surface area contributed by atoms with E-state index in [-0.39, 0.29) is 23.4 Å². The number of ether oxygens (including phenoxy) is 1. The molecule has 2 aliphatic rings. The van der Waals surface area contributed by atoms with Crippen LogP contribution in [0.2, 0.25) is 0 Å². The Labute approximate surface area is 215 Å². The lowest BCUT2D eigenvalue weighted by Gasteiger charge is -2.40. The number of nitrogens with one attached hydrogen (secondary N) is 1. The molecular weight excluding hydrogens is 474 g/mol. The number of amides is 2. The molecule has 2 amide bonds. The van der Waals surface area contributed by atoms with Crippen molar-refractivity contribution < 1.29 is 14.3 Å². The predicted octanol–water partition coefficient (Wildman–Crippen LogP) is 4.46. The first kappa shape index (κ1) is 24.4. The van der Waals surface area contributed by atoms with Crippen LogP contribution in [0.3, 0.4) is 0 Å². The lowest BCUT2D eigenvalue weighted by Crippen LogP contribution is -2.52. The van der Waals surface area contributed by atoms with Crippen LogP contribution in [-0.4, -0.2) is 64.0 Å². The average molecular weight is 506 g/mol. The maximum atomic E-state index is 13.0. The molecule has 1 saturated heterocycles. The van der Waals surface area contributed by atoms with Gasteiger partial charge in [0.05, 0.1) is 0 Å². The number of aromatic nitrogens is 2. The van der Waals surface area contributed by atoms with Gasteiger partial charge in [-0.05, 0) is 49.2 Å². The van der Waals surface area contributed by atoms with Gasteiger partial charge in [-0.15, -0.1) is 10.2 Å². The van der Waals surface area contributed by atoms with Gasteiger partial charge in [0.15, 0.2) is 5.01 Å². The van der Waals surface area contributed by atoms with Crippen LogP contribution in [0, 0.1) is 0 Å². The van der Waals surface area contributed by atoms with E-state index in [2.05, 4.69) is 20.4 Å². The van der Waals surface area contributed by atoms with E-state index in [1.807, 2.05) is 35.2 Å². The van der Waals surface area contributed by atoms with Gasteiger partial charge in [-0.2, -0.15) is 0 Å². The van der Waals surface area contributed by atoms with Crippen molar-refractivity contribution in [3.63, 3.8) is 0 Å². The summed E-state index contributed by atoms with van der Waals surface area (Å²) in [7, 11) is 0. The van der Waals surface area contributed by atoms with Gasteiger partial charge in [-0.3, -0.25) is 14.5 Å². The molecule has 0 atom stereocenters. The summed E-state index contributed by atoms with van der Waals surface area (Å²) in [6.45, 7) is 3.68. The second kappa shape index (κ2) is 11.6. The molecule has 5 rings (SSSR count). The molecule has 1 N–H and O–H groups in total. The number of benzene rings is 2. The van der Waals surface area contributed by atoms with Gasteiger partial charge >= 0.3 is 0 Å². The largest absolute Gasteiger partial charge is 0.486 e. The highest BCUT2D eigenvalue weighted by molar-refractivity contribution is 7.13. The van der Waals surface area contributed by atoms with E-state index in [1.54, 1.807) is 24.3 Å². The van der Waals surface area contributed by atoms with Crippen LogP contribution in [0.25, 0.3) is 0 Å². The van der Waals surface area contributed by atoms with Gasteiger partial charge in [0, 0.05) is 43.5 Å². The smallest absolute Gasteiger partial charge is 0.286 e. The van der Waals surface area contributed by atoms with Crippen molar-refractivity contribution in [2.24, 2.45) is 0 Å². The van der Waals surface area contributed by atoms with E-state index in [0.717, 1.165) is 31.9 Å². The first-order chi connectivity index (χ1) is 17.7. The normalized spacial score (nSPS) is 17.1. The van der Waals surface area contributed by atoms with Crippen LogP contribution in [0.1, 0.15) is 57.3 Å². The molecule has 2 aromatic carbocycles. The predicted molar refractivity (Wildman–Crippen MR) is 139 cm³/mol. The van der Waals surface area contributed by atoms with Crippen molar-refractivity contribution in [2.45, 2.75) is 44.8 Å². The number of hydrogen-bond acceptors (Lipinski definition) is 7. The Morgan fingerprint density at radius 3 is 2.36 bits per heavy atom. The van der Waals surface area contributed by atoms with Gasteiger partial charge < -0.3 is 15.0 Å². The van der Waals surface area contributed by atoms with Crippen LogP contribution < -0.4 is 10.1 Å². The Morgan fingerprint density at radius 2 is 1.64 bits per heavy atom. The summed E-state index contributed by atoms with van der Waals surface area (Å²) in [5.41, 5.74) is 1.24. The van der Waals surface area contributed by atoms with Crippen LogP contribution in [-0.2, 0) is 6.61 Å². The third-order valence-electron chi connectivity index (χ3n) is 6.85. The zero-order chi connectivity index (χ0) is 24.7. The van der Waals surface area contributed by atoms with Gasteiger partial charge in [0.2, 0.25) is 5.01 Å². The van der Waals surface area contributed by atoms with E-state index in [9.17, 15) is 9.59 Å². The molecule has 1 aliphatic heterocycles. The van der Waals surface area contributed by atoms with Gasteiger partial charge in [-0.1, -0.05) is 48.8 Å². The molecule has 0 spiro atoms. The molecule has 9 heteroatoms. The monoisotopic (exact) mass is 505 g/mol. The van der Waals surface area contributed by atoms with Gasteiger partial charge in [0.25, 0.3) is 11.8 Å². The van der Waals surface area contributed by atoms with E-state index in [4.69, 9.17) is 4.74 Å². The number of para-hydroxylation sites is 1. The Morgan fingerprint density at radius 1 is 0.917 bits per heavy atom. The molecule has 0 radical (unpaired) electrons. The summed E-state index contributed by atoms with van der Waals surface area (Å²) in [6.07, 6.45) is 6.60. The summed E-state index contributed by atoms with van der Waals surface area (Å²) in [4.78, 5) is 30.1. The first-order valence-corrected chi connectivity index (χ1v) is 13.4. The maximum absolute atomic E-state index is 13.0. The van der Waals surface area contributed by atoms with Crippen molar-refractivity contribution >= 4 is 28.8 Å². The van der Waals surface area contributed by atoms with Crippen molar-refractivity contribution in [3.8, 4) is 5.75 Å². The second-order valence-electron chi connectivity index (χ2n) is 9.25. The standard InChI is InChI=1S/C27H31N5O3S/c33-25(26-30-29-24(36-26)19-35-23-9-5-2-6-10-23)28-21-13-11-20(12-14-21)27(34)32-17-15-31(16-18-32)22-7-3-1-4-8-22/h2,5-6,9-14,22H,1,3-4,7-8,15-19H2,(H,28,33). The Hall–Kier alpha value is -3.30. The second-order valence-corrected chi connectivity index (χ2v) is 10.3. The number of carbonyl (C=O) groups excluding carboxylic acids is 2. The maximum Gasteiger partial charge on any atom is 0.286 e. The summed E-state index contributed by atoms with van der Waals surface area (Å²) < 4.78 is 5.66. The third-order valence-corrected chi connectivity index (χ3v) is 7.74. The summed E-state index contributed by atoms with van der Waals surface area (Å²) >= 11 is 1.19. The fourth-order valence-electron chi connectivity index (χ4n) is 4.87. The lowest BCUT2D eigenvalue weighted by atomic mass is 9.94. The molecule has 36 heavy (non-hydrogen) atoms. The topological polar surface area (TPSA) is 87.7 Å². The fourth-order valence-corrected chi connectivity index (χ4v) is 5.51. The molecule has 2 fully saturated rings. The zero-order valence-corrected chi connectivity index (χ0v) is 21.1. The summed E-state index contributed by atoms with van der Waals surface area (Å²) in [5.74, 6) is 0.444. The summed E-state index contributed by atoms with van der Waals surface area (Å²) in [6, 6.07) is 17.2. The molecule has 1 aromatic heterocycles. The fraction of sp³-hybridized carbons (Fsp3) is 0.407. The quantitative estimate of drug-likeness (QED) is 0.510. The van der Waals surface area contributed by atoms with Crippen LogP contribution in [0.4, 0.5) is 5.69 Å². The van der Waals surface area contributed by atoms with Gasteiger partial charge in [0.1, 0.15) is 12.4 Å². The highest BCUT2D eigenvalue weighted by Crippen LogP contribution is 2.24.